The molecule has 0 aliphatic rings. The Morgan fingerprint density at radius 2 is 1.93 bits per heavy atom. The Labute approximate surface area is 83.0 Å². The van der Waals surface area contributed by atoms with E-state index in [1.165, 1.54) is 0 Å². The number of rotatable bonds is 3. The highest BCUT2D eigenvalue weighted by molar-refractivity contribution is 5.67. The van der Waals surface area contributed by atoms with Gasteiger partial charge >= 0.3 is 5.97 Å². The topological polar surface area (TPSA) is 57.5 Å². The van der Waals surface area contributed by atoms with Crippen LogP contribution in [0.25, 0.3) is 0 Å². The number of carboxylic acids is 1. The standard InChI is InChI=1S/C11H14O3/c1-7-8(2)10(12)5-3-9(7)4-6-11(13)14/h3,5,12H,4,6H2,1-2H3,(H,13,14). The smallest absolute Gasteiger partial charge is 0.303 e. The fraction of sp³-hybridized carbons (Fsp3) is 0.364. The third kappa shape index (κ3) is 2.25. The monoisotopic (exact) mass is 194 g/mol. The van der Waals surface area contributed by atoms with Crippen molar-refractivity contribution in [3.8, 4) is 5.75 Å². The van der Waals surface area contributed by atoms with Crippen LogP contribution in [0.1, 0.15) is 23.1 Å². The number of phenols is 1. The summed E-state index contributed by atoms with van der Waals surface area (Å²) in [6.45, 7) is 3.72. The van der Waals surface area contributed by atoms with E-state index in [0.717, 1.165) is 16.7 Å². The Kier molecular flexibility index (Phi) is 3.12. The minimum absolute atomic E-state index is 0.130. The van der Waals surface area contributed by atoms with Gasteiger partial charge in [-0.2, -0.15) is 0 Å². The molecule has 0 bridgehead atoms. The van der Waals surface area contributed by atoms with Gasteiger partial charge in [0.1, 0.15) is 5.75 Å². The Morgan fingerprint density at radius 1 is 1.29 bits per heavy atom. The number of phenolic OH excluding ortho intramolecular Hbond substituents is 1. The summed E-state index contributed by atoms with van der Waals surface area (Å²) in [5, 5.41) is 17.9. The van der Waals surface area contributed by atoms with Gasteiger partial charge in [0, 0.05) is 6.42 Å². The summed E-state index contributed by atoms with van der Waals surface area (Å²) >= 11 is 0. The fourth-order valence-corrected chi connectivity index (χ4v) is 1.37. The molecule has 1 aromatic carbocycles. The normalized spacial score (nSPS) is 10.1. The molecule has 0 spiro atoms. The van der Waals surface area contributed by atoms with Crippen LogP contribution >= 0.6 is 0 Å². The van der Waals surface area contributed by atoms with Crippen LogP contribution in [-0.2, 0) is 11.2 Å². The highest BCUT2D eigenvalue weighted by Crippen LogP contribution is 2.23. The Morgan fingerprint density at radius 3 is 2.50 bits per heavy atom. The van der Waals surface area contributed by atoms with Gasteiger partial charge < -0.3 is 10.2 Å². The summed E-state index contributed by atoms with van der Waals surface area (Å²) in [6.07, 6.45) is 0.646. The Bertz CT molecular complexity index is 356. The van der Waals surface area contributed by atoms with E-state index in [-0.39, 0.29) is 12.2 Å². The van der Waals surface area contributed by atoms with Crippen molar-refractivity contribution in [1.82, 2.24) is 0 Å². The molecule has 3 heteroatoms. The average molecular weight is 194 g/mol. The van der Waals surface area contributed by atoms with Gasteiger partial charge in [0.05, 0.1) is 0 Å². The molecule has 14 heavy (non-hydrogen) atoms. The van der Waals surface area contributed by atoms with E-state index in [1.54, 1.807) is 12.1 Å². The van der Waals surface area contributed by atoms with Crippen LogP contribution in [0.3, 0.4) is 0 Å². The fourth-order valence-electron chi connectivity index (χ4n) is 1.37. The first-order valence-electron chi connectivity index (χ1n) is 4.52. The van der Waals surface area contributed by atoms with Crippen molar-refractivity contribution in [2.45, 2.75) is 26.7 Å². The van der Waals surface area contributed by atoms with Crippen LogP contribution in [0, 0.1) is 13.8 Å². The molecule has 0 aliphatic heterocycles. The van der Waals surface area contributed by atoms with Gasteiger partial charge in [-0.05, 0) is 43.0 Å². The van der Waals surface area contributed by atoms with Gasteiger partial charge in [0.25, 0.3) is 0 Å². The molecule has 1 aromatic rings. The predicted octanol–water partition coefficient (Wildman–Crippen LogP) is 2.03. The molecule has 0 aliphatic carbocycles. The van der Waals surface area contributed by atoms with Crippen molar-refractivity contribution >= 4 is 5.97 Å². The molecule has 3 nitrogen and oxygen atoms in total. The molecule has 0 saturated carbocycles. The van der Waals surface area contributed by atoms with Crippen LogP contribution in [0.5, 0.6) is 5.75 Å². The lowest BCUT2D eigenvalue weighted by atomic mass is 9.99. The van der Waals surface area contributed by atoms with Crippen molar-refractivity contribution in [2.75, 3.05) is 0 Å². The van der Waals surface area contributed by atoms with E-state index in [9.17, 15) is 9.90 Å². The summed E-state index contributed by atoms with van der Waals surface area (Å²) in [4.78, 5) is 10.4. The van der Waals surface area contributed by atoms with Crippen molar-refractivity contribution in [2.24, 2.45) is 0 Å². The average Bonchev–Trinajstić information content (AvgIpc) is 2.13. The first-order valence-corrected chi connectivity index (χ1v) is 4.52. The molecule has 2 N–H and O–H groups in total. The third-order valence-electron chi connectivity index (χ3n) is 2.48. The maximum atomic E-state index is 10.4. The molecular weight excluding hydrogens is 180 g/mol. The van der Waals surface area contributed by atoms with E-state index in [0.29, 0.717) is 6.42 Å². The van der Waals surface area contributed by atoms with E-state index in [2.05, 4.69) is 0 Å². The second-order valence-corrected chi connectivity index (χ2v) is 3.39. The summed E-state index contributed by atoms with van der Waals surface area (Å²) in [5.41, 5.74) is 2.79. The SMILES string of the molecule is Cc1c(O)ccc(CCC(=O)O)c1C. The highest BCUT2D eigenvalue weighted by Gasteiger charge is 2.06. The number of aliphatic carboxylic acids is 1. The zero-order valence-electron chi connectivity index (χ0n) is 8.37. The number of carboxylic acid groups (broad SMARTS) is 1. The molecule has 76 valence electrons. The van der Waals surface area contributed by atoms with E-state index >= 15 is 0 Å². The lowest BCUT2D eigenvalue weighted by molar-refractivity contribution is -0.136. The molecule has 0 heterocycles. The minimum atomic E-state index is -0.796. The van der Waals surface area contributed by atoms with Crippen LogP contribution in [-0.4, -0.2) is 16.2 Å². The first kappa shape index (κ1) is 10.6. The molecule has 0 saturated heterocycles. The van der Waals surface area contributed by atoms with Crippen molar-refractivity contribution in [3.05, 3.63) is 28.8 Å². The third-order valence-corrected chi connectivity index (χ3v) is 2.48. The lowest BCUT2D eigenvalue weighted by Gasteiger charge is -2.08. The van der Waals surface area contributed by atoms with Crippen LogP contribution in [0.2, 0.25) is 0 Å². The van der Waals surface area contributed by atoms with E-state index in [4.69, 9.17) is 5.11 Å². The van der Waals surface area contributed by atoms with Gasteiger partial charge in [0.2, 0.25) is 0 Å². The molecular formula is C11H14O3. The number of carbonyl (C=O) groups is 1. The molecule has 1 rings (SSSR count). The van der Waals surface area contributed by atoms with Crippen LogP contribution in [0.15, 0.2) is 12.1 Å². The first-order chi connectivity index (χ1) is 6.52. The number of aromatic hydroxyl groups is 1. The number of hydrogen-bond donors (Lipinski definition) is 2. The minimum Gasteiger partial charge on any atom is -0.508 e. The van der Waals surface area contributed by atoms with Gasteiger partial charge in [-0.25, -0.2) is 0 Å². The summed E-state index contributed by atoms with van der Waals surface area (Å²) in [7, 11) is 0. The van der Waals surface area contributed by atoms with E-state index < -0.39 is 5.97 Å². The molecule has 0 aromatic heterocycles. The van der Waals surface area contributed by atoms with Gasteiger partial charge in [-0.15, -0.1) is 0 Å². The van der Waals surface area contributed by atoms with Crippen LogP contribution < -0.4 is 0 Å². The predicted molar refractivity (Wildman–Crippen MR) is 53.5 cm³/mol. The molecule has 0 radical (unpaired) electrons. The van der Waals surface area contributed by atoms with Gasteiger partial charge in [0.15, 0.2) is 0 Å². The zero-order valence-corrected chi connectivity index (χ0v) is 8.37. The molecule has 0 atom stereocenters. The van der Waals surface area contributed by atoms with Crippen LogP contribution in [0.4, 0.5) is 0 Å². The summed E-state index contributed by atoms with van der Waals surface area (Å²) < 4.78 is 0. The van der Waals surface area contributed by atoms with Crippen molar-refractivity contribution in [3.63, 3.8) is 0 Å². The maximum Gasteiger partial charge on any atom is 0.303 e. The highest BCUT2D eigenvalue weighted by atomic mass is 16.4. The number of benzene rings is 1. The van der Waals surface area contributed by atoms with E-state index in [1.807, 2.05) is 13.8 Å². The zero-order chi connectivity index (χ0) is 10.7. The maximum absolute atomic E-state index is 10.4. The second-order valence-electron chi connectivity index (χ2n) is 3.39. The summed E-state index contributed by atoms with van der Waals surface area (Å²) in [6, 6.07) is 3.39. The van der Waals surface area contributed by atoms with Crippen molar-refractivity contribution in [1.29, 1.82) is 0 Å². The quantitative estimate of drug-likeness (QED) is 0.774. The Balaban J connectivity index is 2.88. The lowest BCUT2D eigenvalue weighted by Crippen LogP contribution is -1.99. The summed E-state index contributed by atoms with van der Waals surface area (Å²) in [5.74, 6) is -0.531. The Hall–Kier alpha value is -1.51. The second kappa shape index (κ2) is 4.13. The van der Waals surface area contributed by atoms with Crippen molar-refractivity contribution < 1.29 is 15.0 Å². The molecule has 0 amide bonds. The molecule has 0 unspecified atom stereocenters. The number of aryl methyl sites for hydroxylation is 1. The van der Waals surface area contributed by atoms with Gasteiger partial charge in [-0.1, -0.05) is 6.07 Å². The van der Waals surface area contributed by atoms with Gasteiger partial charge in [-0.3, -0.25) is 4.79 Å². The largest absolute Gasteiger partial charge is 0.508 e. The number of hydrogen-bond acceptors (Lipinski definition) is 2. The molecule has 0 fully saturated rings.